The summed E-state index contributed by atoms with van der Waals surface area (Å²) >= 11 is 3.37. The zero-order valence-corrected chi connectivity index (χ0v) is 13.1. The van der Waals surface area contributed by atoms with Crippen molar-refractivity contribution in [1.29, 1.82) is 0 Å². The molecule has 1 aliphatic heterocycles. The molecular formula is C15H21BrNO2+. The SMILES string of the molecule is CC(C)(OC(=O)c1cccc(Br)c1)C1CC[NH2+]CC1. The van der Waals surface area contributed by atoms with Crippen molar-refractivity contribution in [1.82, 2.24) is 0 Å². The molecule has 104 valence electrons. The van der Waals surface area contributed by atoms with Crippen LogP contribution in [0, 0.1) is 5.92 Å². The number of carbonyl (C=O) groups is 1. The quantitative estimate of drug-likeness (QED) is 0.866. The number of esters is 1. The molecule has 19 heavy (non-hydrogen) atoms. The van der Waals surface area contributed by atoms with Gasteiger partial charge < -0.3 is 10.1 Å². The van der Waals surface area contributed by atoms with E-state index in [-0.39, 0.29) is 5.97 Å². The van der Waals surface area contributed by atoms with Crippen molar-refractivity contribution in [3.05, 3.63) is 34.3 Å². The van der Waals surface area contributed by atoms with Crippen molar-refractivity contribution in [3.8, 4) is 0 Å². The van der Waals surface area contributed by atoms with E-state index in [0.29, 0.717) is 11.5 Å². The zero-order valence-electron chi connectivity index (χ0n) is 11.5. The van der Waals surface area contributed by atoms with Crippen molar-refractivity contribution in [2.24, 2.45) is 5.92 Å². The summed E-state index contributed by atoms with van der Waals surface area (Å²) in [7, 11) is 0. The summed E-state index contributed by atoms with van der Waals surface area (Å²) in [6.45, 7) is 6.31. The van der Waals surface area contributed by atoms with Crippen LogP contribution in [-0.2, 0) is 4.74 Å². The van der Waals surface area contributed by atoms with E-state index in [1.807, 2.05) is 26.0 Å². The van der Waals surface area contributed by atoms with Gasteiger partial charge in [0.05, 0.1) is 18.7 Å². The summed E-state index contributed by atoms with van der Waals surface area (Å²) < 4.78 is 6.64. The van der Waals surface area contributed by atoms with Crippen LogP contribution in [0.15, 0.2) is 28.7 Å². The molecule has 1 aliphatic rings. The number of carbonyl (C=O) groups excluding carboxylic acids is 1. The van der Waals surface area contributed by atoms with Gasteiger partial charge in [0.2, 0.25) is 0 Å². The summed E-state index contributed by atoms with van der Waals surface area (Å²) in [6.07, 6.45) is 2.22. The Kier molecular flexibility index (Phi) is 4.63. The average molecular weight is 327 g/mol. The highest BCUT2D eigenvalue weighted by molar-refractivity contribution is 9.10. The summed E-state index contributed by atoms with van der Waals surface area (Å²) in [5.41, 5.74) is 0.207. The third kappa shape index (κ3) is 3.80. The van der Waals surface area contributed by atoms with Gasteiger partial charge in [-0.3, -0.25) is 0 Å². The standard InChI is InChI=1S/C15H20BrNO2/c1-15(2,12-6-8-17-9-7-12)19-14(18)11-4-3-5-13(16)10-11/h3-5,10,12,17H,6-9H2,1-2H3/p+1. The van der Waals surface area contributed by atoms with Crippen LogP contribution in [0.4, 0.5) is 0 Å². The molecule has 0 saturated carbocycles. The molecule has 2 N–H and O–H groups in total. The fourth-order valence-corrected chi connectivity index (χ4v) is 3.02. The molecule has 0 aliphatic carbocycles. The van der Waals surface area contributed by atoms with Crippen molar-refractivity contribution in [2.45, 2.75) is 32.3 Å². The second kappa shape index (κ2) is 6.06. The molecule has 0 unspecified atom stereocenters. The van der Waals surface area contributed by atoms with Crippen LogP contribution >= 0.6 is 15.9 Å². The third-order valence-corrected chi connectivity index (χ3v) is 4.33. The van der Waals surface area contributed by atoms with Crippen LogP contribution in [0.3, 0.4) is 0 Å². The molecule has 2 rings (SSSR count). The smallest absolute Gasteiger partial charge is 0.338 e. The van der Waals surface area contributed by atoms with Gasteiger partial charge in [-0.25, -0.2) is 4.79 Å². The minimum absolute atomic E-state index is 0.235. The molecule has 1 fully saturated rings. The molecule has 0 radical (unpaired) electrons. The van der Waals surface area contributed by atoms with Crippen molar-refractivity contribution in [3.63, 3.8) is 0 Å². The van der Waals surface area contributed by atoms with Crippen LogP contribution < -0.4 is 5.32 Å². The molecular weight excluding hydrogens is 306 g/mol. The van der Waals surface area contributed by atoms with E-state index < -0.39 is 5.60 Å². The van der Waals surface area contributed by atoms with Gasteiger partial charge in [-0.2, -0.15) is 0 Å². The van der Waals surface area contributed by atoms with Gasteiger partial charge in [-0.15, -0.1) is 0 Å². The minimum Gasteiger partial charge on any atom is -0.456 e. The molecule has 4 heteroatoms. The molecule has 0 amide bonds. The van der Waals surface area contributed by atoms with Crippen molar-refractivity contribution in [2.75, 3.05) is 13.1 Å². The number of hydrogen-bond acceptors (Lipinski definition) is 2. The predicted molar refractivity (Wildman–Crippen MR) is 78.0 cm³/mol. The summed E-state index contributed by atoms with van der Waals surface area (Å²) in [5.74, 6) is 0.217. The summed E-state index contributed by atoms with van der Waals surface area (Å²) in [6, 6.07) is 7.34. The van der Waals surface area contributed by atoms with E-state index in [2.05, 4.69) is 21.2 Å². The largest absolute Gasteiger partial charge is 0.456 e. The van der Waals surface area contributed by atoms with Crippen LogP contribution in [0.5, 0.6) is 0 Å². The number of ether oxygens (including phenoxy) is 1. The number of benzene rings is 1. The van der Waals surface area contributed by atoms with E-state index >= 15 is 0 Å². The van der Waals surface area contributed by atoms with Crippen LogP contribution in [-0.4, -0.2) is 24.7 Å². The Hall–Kier alpha value is -0.870. The molecule has 0 atom stereocenters. The lowest BCUT2D eigenvalue weighted by molar-refractivity contribution is -0.665. The first-order chi connectivity index (χ1) is 8.99. The Labute approximate surface area is 122 Å². The highest BCUT2D eigenvalue weighted by Crippen LogP contribution is 2.29. The van der Waals surface area contributed by atoms with E-state index in [9.17, 15) is 4.79 Å². The predicted octanol–water partition coefficient (Wildman–Crippen LogP) is 2.36. The molecule has 3 nitrogen and oxygen atoms in total. The molecule has 1 aromatic carbocycles. The molecule has 1 heterocycles. The van der Waals surface area contributed by atoms with E-state index in [1.165, 1.54) is 0 Å². The normalized spacial score (nSPS) is 17.2. The molecule has 0 bridgehead atoms. The van der Waals surface area contributed by atoms with Gasteiger partial charge >= 0.3 is 5.97 Å². The Morgan fingerprint density at radius 3 is 2.68 bits per heavy atom. The Morgan fingerprint density at radius 1 is 1.37 bits per heavy atom. The van der Waals surface area contributed by atoms with Crippen molar-refractivity contribution >= 4 is 21.9 Å². The maximum Gasteiger partial charge on any atom is 0.338 e. The lowest BCUT2D eigenvalue weighted by Crippen LogP contribution is -2.86. The van der Waals surface area contributed by atoms with Gasteiger partial charge in [-0.1, -0.05) is 22.0 Å². The minimum atomic E-state index is -0.395. The van der Waals surface area contributed by atoms with Crippen molar-refractivity contribution < 1.29 is 14.8 Å². The maximum atomic E-state index is 12.2. The van der Waals surface area contributed by atoms with Gasteiger partial charge in [-0.05, 0) is 32.0 Å². The van der Waals surface area contributed by atoms with Gasteiger partial charge in [0, 0.05) is 23.2 Å². The zero-order chi connectivity index (χ0) is 13.9. The third-order valence-electron chi connectivity index (χ3n) is 3.84. The maximum absolute atomic E-state index is 12.2. The fraction of sp³-hybridized carbons (Fsp3) is 0.533. The van der Waals surface area contributed by atoms with Crippen LogP contribution in [0.1, 0.15) is 37.0 Å². The molecule has 0 spiro atoms. The Morgan fingerprint density at radius 2 is 2.05 bits per heavy atom. The second-order valence-electron chi connectivity index (χ2n) is 5.64. The summed E-state index contributed by atoms with van der Waals surface area (Å²) in [5, 5.41) is 2.32. The van der Waals surface area contributed by atoms with Gasteiger partial charge in [0.25, 0.3) is 0 Å². The van der Waals surface area contributed by atoms with Gasteiger partial charge in [0.1, 0.15) is 5.60 Å². The van der Waals surface area contributed by atoms with Gasteiger partial charge in [0.15, 0.2) is 0 Å². The topological polar surface area (TPSA) is 42.9 Å². The summed E-state index contributed by atoms with van der Waals surface area (Å²) in [4.78, 5) is 12.2. The van der Waals surface area contributed by atoms with E-state index in [1.54, 1.807) is 12.1 Å². The number of rotatable bonds is 3. The molecule has 0 aromatic heterocycles. The number of halogens is 1. The highest BCUT2D eigenvalue weighted by atomic mass is 79.9. The number of nitrogens with two attached hydrogens (primary N) is 1. The van der Waals surface area contributed by atoms with E-state index in [0.717, 1.165) is 30.4 Å². The first-order valence-electron chi connectivity index (χ1n) is 6.79. The average Bonchev–Trinajstić information content (AvgIpc) is 2.39. The molecule has 1 saturated heterocycles. The van der Waals surface area contributed by atoms with Crippen LogP contribution in [0.2, 0.25) is 0 Å². The van der Waals surface area contributed by atoms with E-state index in [4.69, 9.17) is 4.74 Å². The Bertz CT molecular complexity index is 453. The first-order valence-corrected chi connectivity index (χ1v) is 7.59. The lowest BCUT2D eigenvalue weighted by Gasteiger charge is -2.35. The second-order valence-corrected chi connectivity index (χ2v) is 6.56. The van der Waals surface area contributed by atoms with Crippen LogP contribution in [0.25, 0.3) is 0 Å². The number of quaternary nitrogens is 1. The molecule has 1 aromatic rings. The Balaban J connectivity index is 2.04. The highest BCUT2D eigenvalue weighted by Gasteiger charge is 2.35. The first kappa shape index (κ1) is 14.5. The number of piperidine rings is 1. The lowest BCUT2D eigenvalue weighted by atomic mass is 9.83. The fourth-order valence-electron chi connectivity index (χ4n) is 2.62. The number of hydrogen-bond donors (Lipinski definition) is 1. The monoisotopic (exact) mass is 326 g/mol.